The first-order valence-corrected chi connectivity index (χ1v) is 11.3. The molecule has 152 valence electrons. The standard InChI is InChI=1S/C31H23N/c1-31(2)26-16-9-11-20-10-8-15-23(28(20)26)24-18-19-25-22-14-6-7-17-27(22)32(30(25)29(24)31)21-12-4-3-5-13-21/h3-19H,1-2H3. The van der Waals surface area contributed by atoms with E-state index in [-0.39, 0.29) is 5.41 Å². The van der Waals surface area contributed by atoms with Gasteiger partial charge in [0, 0.05) is 21.9 Å². The highest BCUT2D eigenvalue weighted by Gasteiger charge is 2.36. The number of fused-ring (bicyclic) bond motifs is 6. The molecule has 0 spiro atoms. The molecule has 1 aliphatic carbocycles. The summed E-state index contributed by atoms with van der Waals surface area (Å²) < 4.78 is 2.47. The Bertz CT molecular complexity index is 1680. The molecule has 1 nitrogen and oxygen atoms in total. The molecule has 0 unspecified atom stereocenters. The van der Waals surface area contributed by atoms with Gasteiger partial charge in [0.05, 0.1) is 11.0 Å². The van der Waals surface area contributed by atoms with Crippen molar-refractivity contribution in [3.63, 3.8) is 0 Å². The molecule has 1 aromatic heterocycles. The molecular weight excluding hydrogens is 386 g/mol. The molecule has 0 aliphatic heterocycles. The Morgan fingerprint density at radius 2 is 1.34 bits per heavy atom. The summed E-state index contributed by atoms with van der Waals surface area (Å²) in [4.78, 5) is 0. The number of rotatable bonds is 1. The molecule has 1 heterocycles. The van der Waals surface area contributed by atoms with Crippen LogP contribution >= 0.6 is 0 Å². The van der Waals surface area contributed by atoms with E-state index in [4.69, 9.17) is 0 Å². The van der Waals surface area contributed by atoms with Crippen molar-refractivity contribution < 1.29 is 0 Å². The zero-order valence-corrected chi connectivity index (χ0v) is 18.3. The summed E-state index contributed by atoms with van der Waals surface area (Å²) in [6.45, 7) is 4.78. The van der Waals surface area contributed by atoms with Crippen molar-refractivity contribution in [2.24, 2.45) is 0 Å². The second-order valence-corrected chi connectivity index (χ2v) is 9.41. The van der Waals surface area contributed by atoms with Crippen molar-refractivity contribution in [2.75, 3.05) is 0 Å². The highest BCUT2D eigenvalue weighted by Crippen LogP contribution is 2.52. The average molecular weight is 410 g/mol. The van der Waals surface area contributed by atoms with Crippen LogP contribution in [0.25, 0.3) is 49.4 Å². The molecule has 7 rings (SSSR count). The van der Waals surface area contributed by atoms with Crippen molar-refractivity contribution in [2.45, 2.75) is 19.3 Å². The minimum Gasteiger partial charge on any atom is -0.309 e. The summed E-state index contributed by atoms with van der Waals surface area (Å²) in [6, 6.07) is 37.8. The summed E-state index contributed by atoms with van der Waals surface area (Å²) in [5.41, 5.74) is 9.20. The zero-order chi connectivity index (χ0) is 21.4. The summed E-state index contributed by atoms with van der Waals surface area (Å²) in [5, 5.41) is 5.35. The van der Waals surface area contributed by atoms with Gasteiger partial charge in [0.2, 0.25) is 0 Å². The highest BCUT2D eigenvalue weighted by atomic mass is 15.0. The molecule has 0 N–H and O–H groups in total. The van der Waals surface area contributed by atoms with Crippen molar-refractivity contribution in [1.82, 2.24) is 4.57 Å². The molecule has 1 aliphatic rings. The second kappa shape index (κ2) is 6.11. The Hall–Kier alpha value is -3.84. The normalized spacial score (nSPS) is 14.2. The molecule has 0 bridgehead atoms. The van der Waals surface area contributed by atoms with E-state index in [1.807, 2.05) is 0 Å². The Morgan fingerprint density at radius 3 is 2.19 bits per heavy atom. The molecule has 0 saturated heterocycles. The number of para-hydroxylation sites is 2. The van der Waals surface area contributed by atoms with Crippen LogP contribution in [0.4, 0.5) is 0 Å². The summed E-state index contributed by atoms with van der Waals surface area (Å²) >= 11 is 0. The van der Waals surface area contributed by atoms with Gasteiger partial charge in [-0.2, -0.15) is 0 Å². The van der Waals surface area contributed by atoms with E-state index >= 15 is 0 Å². The monoisotopic (exact) mass is 409 g/mol. The Labute approximate surface area is 187 Å². The molecule has 5 aromatic carbocycles. The predicted molar refractivity (Wildman–Crippen MR) is 136 cm³/mol. The Balaban J connectivity index is 1.75. The van der Waals surface area contributed by atoms with Crippen LogP contribution < -0.4 is 0 Å². The lowest BCUT2D eigenvalue weighted by Gasteiger charge is -2.36. The topological polar surface area (TPSA) is 4.93 Å². The fourth-order valence-electron chi connectivity index (χ4n) is 5.98. The molecule has 0 radical (unpaired) electrons. The maximum atomic E-state index is 2.47. The van der Waals surface area contributed by atoms with Crippen LogP contribution in [-0.2, 0) is 5.41 Å². The second-order valence-electron chi connectivity index (χ2n) is 9.41. The van der Waals surface area contributed by atoms with E-state index in [0.717, 1.165) is 0 Å². The van der Waals surface area contributed by atoms with Gasteiger partial charge in [0.15, 0.2) is 0 Å². The largest absolute Gasteiger partial charge is 0.309 e. The average Bonchev–Trinajstić information content (AvgIpc) is 3.17. The first kappa shape index (κ1) is 17.8. The highest BCUT2D eigenvalue weighted by molar-refractivity contribution is 6.14. The first-order valence-electron chi connectivity index (χ1n) is 11.3. The lowest BCUT2D eigenvalue weighted by molar-refractivity contribution is 0.649. The number of aromatic nitrogens is 1. The van der Waals surface area contributed by atoms with Crippen LogP contribution in [0.15, 0.2) is 103 Å². The van der Waals surface area contributed by atoms with E-state index in [2.05, 4.69) is 122 Å². The molecule has 32 heavy (non-hydrogen) atoms. The van der Waals surface area contributed by atoms with Crippen LogP contribution in [-0.4, -0.2) is 4.57 Å². The third kappa shape index (κ3) is 2.13. The van der Waals surface area contributed by atoms with Gasteiger partial charge in [-0.1, -0.05) is 98.8 Å². The lowest BCUT2D eigenvalue weighted by Crippen LogP contribution is -2.24. The van der Waals surface area contributed by atoms with Gasteiger partial charge in [-0.05, 0) is 51.2 Å². The molecule has 0 amide bonds. The van der Waals surface area contributed by atoms with Crippen LogP contribution in [0.1, 0.15) is 25.0 Å². The smallest absolute Gasteiger partial charge is 0.0588 e. The quantitative estimate of drug-likeness (QED) is 0.258. The Morgan fingerprint density at radius 1 is 0.594 bits per heavy atom. The Kier molecular flexibility index (Phi) is 3.40. The molecule has 0 atom stereocenters. The van der Waals surface area contributed by atoms with E-state index in [9.17, 15) is 0 Å². The molecule has 6 aromatic rings. The third-order valence-corrected chi connectivity index (χ3v) is 7.34. The van der Waals surface area contributed by atoms with Crippen LogP contribution in [0.2, 0.25) is 0 Å². The molecule has 1 heteroatoms. The molecular formula is C31H23N. The van der Waals surface area contributed by atoms with Gasteiger partial charge in [0.1, 0.15) is 0 Å². The van der Waals surface area contributed by atoms with Crippen molar-refractivity contribution in [1.29, 1.82) is 0 Å². The summed E-state index contributed by atoms with van der Waals surface area (Å²) in [6.07, 6.45) is 0. The third-order valence-electron chi connectivity index (χ3n) is 7.34. The summed E-state index contributed by atoms with van der Waals surface area (Å²) in [5.74, 6) is 0. The SMILES string of the molecule is CC1(C)c2cccc3cccc(c23)-c2ccc3c4ccccc4n(-c4ccccc4)c3c21. The summed E-state index contributed by atoms with van der Waals surface area (Å²) in [7, 11) is 0. The van der Waals surface area contributed by atoms with Crippen molar-refractivity contribution in [3.8, 4) is 16.8 Å². The van der Waals surface area contributed by atoms with Crippen LogP contribution in [0, 0.1) is 0 Å². The molecule has 0 fully saturated rings. The van der Waals surface area contributed by atoms with Gasteiger partial charge in [0.25, 0.3) is 0 Å². The van der Waals surface area contributed by atoms with E-state index < -0.39 is 0 Å². The van der Waals surface area contributed by atoms with Crippen LogP contribution in [0.3, 0.4) is 0 Å². The predicted octanol–water partition coefficient (Wildman–Crippen LogP) is 8.24. The minimum atomic E-state index is -0.121. The fourth-order valence-corrected chi connectivity index (χ4v) is 5.98. The van der Waals surface area contributed by atoms with E-state index in [0.29, 0.717) is 0 Å². The maximum absolute atomic E-state index is 2.47. The minimum absolute atomic E-state index is 0.121. The van der Waals surface area contributed by atoms with Gasteiger partial charge in [-0.15, -0.1) is 0 Å². The fraction of sp³-hybridized carbons (Fsp3) is 0.0968. The van der Waals surface area contributed by atoms with Gasteiger partial charge in [-0.3, -0.25) is 0 Å². The molecule has 0 saturated carbocycles. The lowest BCUT2D eigenvalue weighted by atomic mass is 9.68. The number of benzene rings is 5. The maximum Gasteiger partial charge on any atom is 0.0588 e. The van der Waals surface area contributed by atoms with Gasteiger partial charge < -0.3 is 4.57 Å². The van der Waals surface area contributed by atoms with Gasteiger partial charge in [-0.25, -0.2) is 0 Å². The number of hydrogen-bond acceptors (Lipinski definition) is 0. The zero-order valence-electron chi connectivity index (χ0n) is 18.3. The van der Waals surface area contributed by atoms with Crippen LogP contribution in [0.5, 0.6) is 0 Å². The number of hydrogen-bond donors (Lipinski definition) is 0. The van der Waals surface area contributed by atoms with Crippen molar-refractivity contribution >= 4 is 32.6 Å². The van der Waals surface area contributed by atoms with E-state index in [1.54, 1.807) is 0 Å². The van der Waals surface area contributed by atoms with Gasteiger partial charge >= 0.3 is 0 Å². The first-order chi connectivity index (χ1) is 15.7. The van der Waals surface area contributed by atoms with E-state index in [1.165, 1.54) is 60.5 Å². The number of nitrogens with zero attached hydrogens (tertiary/aromatic N) is 1. The van der Waals surface area contributed by atoms with Crippen molar-refractivity contribution in [3.05, 3.63) is 114 Å².